The second-order valence-corrected chi connectivity index (χ2v) is 12.1. The predicted molar refractivity (Wildman–Crippen MR) is 146 cm³/mol. The molecule has 35 heavy (non-hydrogen) atoms. The summed E-state index contributed by atoms with van der Waals surface area (Å²) in [6, 6.07) is 14.1. The first-order valence-corrected chi connectivity index (χ1v) is 14.2. The SMILES string of the molecule is CC(C)c1cccc(C(C)C)c1NC(=O)c1ccccc1SCC(=O)N[C@@H](C)[C@@H]1C[C@H]2CC[C@H]1C2. The molecule has 2 amide bonds. The predicted octanol–water partition coefficient (Wildman–Crippen LogP) is 7.22. The third kappa shape index (κ3) is 5.94. The molecule has 2 aromatic rings. The van der Waals surface area contributed by atoms with E-state index in [1.165, 1.54) is 37.4 Å². The van der Waals surface area contributed by atoms with Crippen molar-refractivity contribution in [2.45, 2.75) is 83.1 Å². The van der Waals surface area contributed by atoms with Gasteiger partial charge in [-0.15, -0.1) is 11.8 Å². The zero-order valence-electron chi connectivity index (χ0n) is 21.8. The number of hydrogen-bond acceptors (Lipinski definition) is 3. The Kier molecular flexibility index (Phi) is 8.26. The van der Waals surface area contributed by atoms with Crippen LogP contribution in [0.3, 0.4) is 0 Å². The molecule has 4 nitrogen and oxygen atoms in total. The summed E-state index contributed by atoms with van der Waals surface area (Å²) >= 11 is 1.44. The Hall–Kier alpha value is -2.27. The third-order valence-electron chi connectivity index (χ3n) is 7.93. The molecule has 4 atom stereocenters. The van der Waals surface area contributed by atoms with E-state index in [1.807, 2.05) is 24.3 Å². The van der Waals surface area contributed by atoms with E-state index in [1.54, 1.807) is 0 Å². The Labute approximate surface area is 215 Å². The van der Waals surface area contributed by atoms with Gasteiger partial charge in [-0.2, -0.15) is 0 Å². The van der Waals surface area contributed by atoms with Crippen LogP contribution in [0.25, 0.3) is 0 Å². The molecule has 0 spiro atoms. The van der Waals surface area contributed by atoms with Crippen molar-refractivity contribution in [2.75, 3.05) is 11.1 Å². The van der Waals surface area contributed by atoms with Crippen molar-refractivity contribution in [3.63, 3.8) is 0 Å². The van der Waals surface area contributed by atoms with Gasteiger partial charge in [0.2, 0.25) is 5.91 Å². The standard InChI is InChI=1S/C30H40N2O2S/c1-18(2)23-10-8-11-24(19(3)4)29(23)32-30(34)25-9-6-7-12-27(25)35-17-28(33)31-20(5)26-16-21-13-14-22(26)15-21/h6-12,18-22,26H,13-17H2,1-5H3,(H,31,33)(H,32,34)/t20-,21-,22-,26-/m0/s1. The Morgan fingerprint density at radius 3 is 2.20 bits per heavy atom. The normalized spacial score (nSPS) is 22.0. The van der Waals surface area contributed by atoms with Crippen molar-refractivity contribution in [1.82, 2.24) is 5.32 Å². The molecule has 0 aromatic heterocycles. The zero-order chi connectivity index (χ0) is 25.1. The minimum absolute atomic E-state index is 0.0488. The Bertz CT molecular complexity index is 1040. The Balaban J connectivity index is 1.42. The van der Waals surface area contributed by atoms with Crippen LogP contribution in [0.2, 0.25) is 0 Å². The molecule has 4 rings (SSSR count). The van der Waals surface area contributed by atoms with Crippen LogP contribution in [0.1, 0.15) is 93.6 Å². The molecule has 0 radical (unpaired) electrons. The number of benzene rings is 2. The van der Waals surface area contributed by atoms with Crippen LogP contribution >= 0.6 is 11.8 Å². The van der Waals surface area contributed by atoms with Gasteiger partial charge in [0.05, 0.1) is 11.3 Å². The summed E-state index contributed by atoms with van der Waals surface area (Å²) in [5.41, 5.74) is 3.81. The van der Waals surface area contributed by atoms with Crippen LogP contribution in [-0.2, 0) is 4.79 Å². The number of anilines is 1. The number of hydrogen-bond donors (Lipinski definition) is 2. The molecular weight excluding hydrogens is 452 g/mol. The fourth-order valence-electron chi connectivity index (χ4n) is 6.11. The molecule has 2 N–H and O–H groups in total. The molecule has 188 valence electrons. The summed E-state index contributed by atoms with van der Waals surface area (Å²) in [4.78, 5) is 27.0. The van der Waals surface area contributed by atoms with Crippen molar-refractivity contribution in [3.8, 4) is 0 Å². The number of fused-ring (bicyclic) bond motifs is 2. The van der Waals surface area contributed by atoms with Gasteiger partial charge in [0.1, 0.15) is 0 Å². The van der Waals surface area contributed by atoms with E-state index in [0.717, 1.165) is 33.5 Å². The average Bonchev–Trinajstić information content (AvgIpc) is 3.46. The summed E-state index contributed by atoms with van der Waals surface area (Å²) in [6.45, 7) is 10.8. The highest BCUT2D eigenvalue weighted by Crippen LogP contribution is 2.49. The lowest BCUT2D eigenvalue weighted by Crippen LogP contribution is -2.40. The van der Waals surface area contributed by atoms with Crippen LogP contribution < -0.4 is 10.6 Å². The first-order chi connectivity index (χ1) is 16.7. The molecule has 2 bridgehead atoms. The summed E-state index contributed by atoms with van der Waals surface area (Å²) in [7, 11) is 0. The van der Waals surface area contributed by atoms with Gasteiger partial charge in [0.15, 0.2) is 0 Å². The quantitative estimate of drug-likeness (QED) is 0.363. The van der Waals surface area contributed by atoms with Crippen LogP contribution in [0.5, 0.6) is 0 Å². The van der Waals surface area contributed by atoms with E-state index in [4.69, 9.17) is 0 Å². The molecule has 2 fully saturated rings. The molecule has 5 heteroatoms. The molecule has 2 aromatic carbocycles. The largest absolute Gasteiger partial charge is 0.353 e. The summed E-state index contributed by atoms with van der Waals surface area (Å²) in [5.74, 6) is 3.13. The number of carbonyl (C=O) groups excluding carboxylic acids is 2. The molecular formula is C30H40N2O2S. The maximum atomic E-state index is 13.4. The molecule has 0 aliphatic heterocycles. The van der Waals surface area contributed by atoms with Crippen LogP contribution in [-0.4, -0.2) is 23.6 Å². The van der Waals surface area contributed by atoms with E-state index >= 15 is 0 Å². The van der Waals surface area contributed by atoms with Crippen molar-refractivity contribution in [1.29, 1.82) is 0 Å². The maximum absolute atomic E-state index is 13.4. The number of thioether (sulfide) groups is 1. The molecule has 2 saturated carbocycles. The van der Waals surface area contributed by atoms with Gasteiger partial charge < -0.3 is 10.6 Å². The van der Waals surface area contributed by atoms with Crippen molar-refractivity contribution >= 4 is 29.3 Å². The number of carbonyl (C=O) groups is 2. The topological polar surface area (TPSA) is 58.2 Å². The van der Waals surface area contributed by atoms with Gasteiger partial charge in [-0.3, -0.25) is 9.59 Å². The van der Waals surface area contributed by atoms with E-state index in [0.29, 0.717) is 29.1 Å². The molecule has 2 aliphatic rings. The second-order valence-electron chi connectivity index (χ2n) is 11.1. The van der Waals surface area contributed by atoms with E-state index in [2.05, 4.69) is 63.5 Å². The van der Waals surface area contributed by atoms with Gasteiger partial charge >= 0.3 is 0 Å². The lowest BCUT2D eigenvalue weighted by atomic mass is 9.84. The number of nitrogens with one attached hydrogen (secondary N) is 2. The lowest BCUT2D eigenvalue weighted by molar-refractivity contribution is -0.119. The minimum atomic E-state index is -0.126. The lowest BCUT2D eigenvalue weighted by Gasteiger charge is -2.28. The first kappa shape index (κ1) is 25.8. The molecule has 2 aliphatic carbocycles. The van der Waals surface area contributed by atoms with E-state index < -0.39 is 0 Å². The van der Waals surface area contributed by atoms with Crippen LogP contribution in [0.4, 0.5) is 5.69 Å². The van der Waals surface area contributed by atoms with Crippen molar-refractivity contribution in [2.24, 2.45) is 17.8 Å². The molecule has 0 unspecified atom stereocenters. The van der Waals surface area contributed by atoms with Gasteiger partial charge in [-0.25, -0.2) is 0 Å². The van der Waals surface area contributed by atoms with E-state index in [9.17, 15) is 9.59 Å². The third-order valence-corrected chi connectivity index (χ3v) is 9.00. The highest BCUT2D eigenvalue weighted by atomic mass is 32.2. The Morgan fingerprint density at radius 2 is 1.60 bits per heavy atom. The summed E-state index contributed by atoms with van der Waals surface area (Å²) in [5, 5.41) is 6.46. The van der Waals surface area contributed by atoms with Gasteiger partial charge in [0, 0.05) is 16.6 Å². The second kappa shape index (κ2) is 11.2. The molecule has 0 saturated heterocycles. The van der Waals surface area contributed by atoms with E-state index in [-0.39, 0.29) is 17.9 Å². The number of rotatable bonds is 9. The number of para-hydroxylation sites is 1. The van der Waals surface area contributed by atoms with Crippen molar-refractivity contribution < 1.29 is 9.59 Å². The highest BCUT2D eigenvalue weighted by molar-refractivity contribution is 8.00. The zero-order valence-corrected chi connectivity index (χ0v) is 22.6. The molecule has 0 heterocycles. The highest BCUT2D eigenvalue weighted by Gasteiger charge is 2.42. The minimum Gasteiger partial charge on any atom is -0.353 e. The summed E-state index contributed by atoms with van der Waals surface area (Å²) < 4.78 is 0. The summed E-state index contributed by atoms with van der Waals surface area (Å²) in [6.07, 6.45) is 5.31. The average molecular weight is 493 g/mol. The van der Waals surface area contributed by atoms with Gasteiger partial charge in [0.25, 0.3) is 5.91 Å². The fraction of sp³-hybridized carbons (Fsp3) is 0.533. The Morgan fingerprint density at radius 1 is 0.914 bits per heavy atom. The van der Waals surface area contributed by atoms with Gasteiger partial charge in [-0.1, -0.05) is 64.4 Å². The van der Waals surface area contributed by atoms with Crippen LogP contribution in [0, 0.1) is 17.8 Å². The number of amides is 2. The van der Waals surface area contributed by atoms with Gasteiger partial charge in [-0.05, 0) is 79.0 Å². The van der Waals surface area contributed by atoms with Crippen LogP contribution in [0.15, 0.2) is 47.4 Å². The van der Waals surface area contributed by atoms with Crippen molar-refractivity contribution in [3.05, 3.63) is 59.2 Å². The monoisotopic (exact) mass is 492 g/mol. The fourth-order valence-corrected chi connectivity index (χ4v) is 6.97. The smallest absolute Gasteiger partial charge is 0.256 e. The first-order valence-electron chi connectivity index (χ1n) is 13.2. The maximum Gasteiger partial charge on any atom is 0.256 e.